The van der Waals surface area contributed by atoms with Crippen LogP contribution in [-0.4, -0.2) is 66.9 Å². The molecule has 43 heavy (non-hydrogen) atoms. The summed E-state index contributed by atoms with van der Waals surface area (Å²) < 4.78 is 89.7. The first-order chi connectivity index (χ1) is 19.9. The van der Waals surface area contributed by atoms with Crippen LogP contribution in [0.3, 0.4) is 0 Å². The highest BCUT2D eigenvalue weighted by atomic mass is 35.5. The Hall–Kier alpha value is -2.80. The van der Waals surface area contributed by atoms with E-state index < -0.39 is 84.1 Å². The highest BCUT2D eigenvalue weighted by molar-refractivity contribution is 6.40. The highest BCUT2D eigenvalue weighted by Crippen LogP contribution is 2.58. The van der Waals surface area contributed by atoms with Crippen LogP contribution in [0.4, 0.5) is 26.3 Å². The summed E-state index contributed by atoms with van der Waals surface area (Å²) in [4.78, 5) is 39.4. The van der Waals surface area contributed by atoms with Crippen LogP contribution in [0.25, 0.3) is 0 Å². The third-order valence-corrected chi connectivity index (χ3v) is 8.58. The molecule has 2 aliphatic rings. The predicted molar refractivity (Wildman–Crippen MR) is 147 cm³/mol. The molecule has 1 amide bonds. The standard InChI is InChI=1S/C28H31Cl2F6N3O4/c1-3-43-24(42)25(2)9-7-16(8-10-25)38-22(27(31,32)33)17(13-37)23(41)39(15-26(11-12-26)28(34,35)36)14-20(40)21-18(29)5-4-6-19(21)30/h4-6,13,16,37-38H,3,7-12,14-15H2,1-2H3/b22-17+,37-13?/t16-,25-. The molecule has 0 bridgehead atoms. The Morgan fingerprint density at radius 3 is 2.07 bits per heavy atom. The minimum absolute atomic E-state index is 0.0821. The first-order valence-corrected chi connectivity index (χ1v) is 14.2. The fourth-order valence-electron chi connectivity index (χ4n) is 5.10. The maximum absolute atomic E-state index is 14.3. The molecule has 3 rings (SSSR count). The number of benzene rings is 1. The number of Topliss-reactive ketones (excluding diaryl/α,β-unsaturated/α-hetero) is 1. The molecular weight excluding hydrogens is 627 g/mol. The quantitative estimate of drug-likeness (QED) is 0.0885. The number of hydrogen-bond acceptors (Lipinski definition) is 6. The summed E-state index contributed by atoms with van der Waals surface area (Å²) in [5.74, 6) is -3.06. The van der Waals surface area contributed by atoms with Gasteiger partial charge in [0, 0.05) is 18.8 Å². The van der Waals surface area contributed by atoms with E-state index in [0.29, 0.717) is 4.90 Å². The molecule has 2 N–H and O–H groups in total. The van der Waals surface area contributed by atoms with Gasteiger partial charge in [0.15, 0.2) is 5.78 Å². The number of rotatable bonds is 11. The van der Waals surface area contributed by atoms with Crippen molar-refractivity contribution in [1.82, 2.24) is 10.2 Å². The zero-order chi connectivity index (χ0) is 32.4. The second kappa shape index (κ2) is 13.1. The van der Waals surface area contributed by atoms with Crippen LogP contribution >= 0.6 is 23.2 Å². The van der Waals surface area contributed by atoms with E-state index in [0.717, 1.165) is 0 Å². The van der Waals surface area contributed by atoms with E-state index in [-0.39, 0.29) is 54.1 Å². The van der Waals surface area contributed by atoms with Crippen molar-refractivity contribution in [3.63, 3.8) is 0 Å². The molecule has 0 unspecified atom stereocenters. The number of amides is 1. The Kier molecular flexibility index (Phi) is 10.5. The molecule has 0 heterocycles. The van der Waals surface area contributed by atoms with Crippen molar-refractivity contribution >= 4 is 47.1 Å². The Morgan fingerprint density at radius 2 is 1.63 bits per heavy atom. The Morgan fingerprint density at radius 1 is 1.07 bits per heavy atom. The first-order valence-electron chi connectivity index (χ1n) is 13.5. The van der Waals surface area contributed by atoms with Crippen LogP contribution in [0.5, 0.6) is 0 Å². The minimum atomic E-state index is -5.21. The molecular formula is C28H31Cl2F6N3O4. The number of hydrogen-bond donors (Lipinski definition) is 2. The second-order valence-corrected chi connectivity index (χ2v) is 11.9. The number of halogens is 8. The molecule has 238 valence electrons. The van der Waals surface area contributed by atoms with Gasteiger partial charge in [0.05, 0.1) is 45.2 Å². The van der Waals surface area contributed by atoms with Crippen molar-refractivity contribution in [2.45, 2.75) is 70.8 Å². The third kappa shape index (κ3) is 7.84. The second-order valence-electron chi connectivity index (χ2n) is 11.1. The SMILES string of the molecule is CCOC(=O)[C@]1(C)CC[C@@H](N/C(=C(\C=N)C(=O)N(CC(=O)c2c(Cl)cccc2Cl)CC2(C(F)(F)F)CC2)C(F)(F)F)CC1. The smallest absolute Gasteiger partial charge is 0.431 e. The Balaban J connectivity index is 1.96. The summed E-state index contributed by atoms with van der Waals surface area (Å²) in [7, 11) is 0. The van der Waals surface area contributed by atoms with Crippen molar-refractivity contribution in [2.75, 3.05) is 19.7 Å². The maximum atomic E-state index is 14.3. The van der Waals surface area contributed by atoms with Crippen molar-refractivity contribution in [3.8, 4) is 0 Å². The monoisotopic (exact) mass is 657 g/mol. The number of carbonyl (C=O) groups is 3. The number of ketones is 1. The van der Waals surface area contributed by atoms with Crippen LogP contribution in [0, 0.1) is 16.2 Å². The number of esters is 1. The van der Waals surface area contributed by atoms with E-state index in [1.54, 1.807) is 13.8 Å². The highest BCUT2D eigenvalue weighted by Gasteiger charge is 2.64. The predicted octanol–water partition coefficient (Wildman–Crippen LogP) is 6.91. The van der Waals surface area contributed by atoms with Crippen LogP contribution < -0.4 is 5.32 Å². The van der Waals surface area contributed by atoms with Gasteiger partial charge in [-0.25, -0.2) is 0 Å². The van der Waals surface area contributed by atoms with Gasteiger partial charge >= 0.3 is 18.3 Å². The zero-order valence-electron chi connectivity index (χ0n) is 23.4. The fraction of sp³-hybridized carbons (Fsp3) is 0.571. The molecule has 2 saturated carbocycles. The van der Waals surface area contributed by atoms with Crippen LogP contribution in [-0.2, 0) is 14.3 Å². The largest absolute Gasteiger partial charge is 0.466 e. The lowest BCUT2D eigenvalue weighted by molar-refractivity contribution is -0.192. The number of nitrogens with one attached hydrogen (secondary N) is 2. The maximum Gasteiger partial charge on any atom is 0.431 e. The molecule has 2 aliphatic carbocycles. The molecule has 0 aromatic heterocycles. The Bertz CT molecular complexity index is 1270. The number of alkyl halides is 6. The van der Waals surface area contributed by atoms with Gasteiger partial charge in [0.1, 0.15) is 5.70 Å². The molecule has 0 aliphatic heterocycles. The number of carbonyl (C=O) groups excluding carboxylic acids is 3. The van der Waals surface area contributed by atoms with E-state index in [4.69, 9.17) is 33.3 Å². The molecule has 2 fully saturated rings. The molecule has 0 spiro atoms. The van der Waals surface area contributed by atoms with E-state index in [1.165, 1.54) is 18.2 Å². The van der Waals surface area contributed by atoms with Crippen molar-refractivity contribution in [2.24, 2.45) is 10.8 Å². The van der Waals surface area contributed by atoms with Gasteiger partial charge in [-0.05, 0) is 64.5 Å². The zero-order valence-corrected chi connectivity index (χ0v) is 24.9. The summed E-state index contributed by atoms with van der Waals surface area (Å²) in [6, 6.07) is 3.11. The van der Waals surface area contributed by atoms with Crippen molar-refractivity contribution in [1.29, 1.82) is 5.41 Å². The summed E-state index contributed by atoms with van der Waals surface area (Å²) in [6.45, 7) is 1.24. The number of nitrogens with zero attached hydrogens (tertiary/aromatic N) is 1. The van der Waals surface area contributed by atoms with Gasteiger partial charge in [-0.15, -0.1) is 0 Å². The Labute approximate surface area is 254 Å². The van der Waals surface area contributed by atoms with Crippen molar-refractivity contribution < 1.29 is 45.5 Å². The van der Waals surface area contributed by atoms with E-state index in [9.17, 15) is 40.7 Å². The molecule has 1 aromatic rings. The summed E-state index contributed by atoms with van der Waals surface area (Å²) in [5, 5.41) is 9.62. The van der Waals surface area contributed by atoms with E-state index >= 15 is 0 Å². The summed E-state index contributed by atoms with van der Waals surface area (Å²) >= 11 is 12.1. The third-order valence-electron chi connectivity index (χ3n) is 7.95. The normalized spacial score (nSPS) is 22.2. The van der Waals surface area contributed by atoms with Gasteiger partial charge in [-0.3, -0.25) is 14.4 Å². The van der Waals surface area contributed by atoms with Gasteiger partial charge in [-0.1, -0.05) is 29.3 Å². The minimum Gasteiger partial charge on any atom is -0.466 e. The fourth-order valence-corrected chi connectivity index (χ4v) is 5.71. The molecule has 15 heteroatoms. The van der Waals surface area contributed by atoms with E-state index in [1.807, 2.05) is 0 Å². The van der Waals surface area contributed by atoms with Gasteiger partial charge in [0.25, 0.3) is 5.91 Å². The van der Waals surface area contributed by atoms with Crippen LogP contribution in [0.15, 0.2) is 29.5 Å². The average Bonchev–Trinajstić information content (AvgIpc) is 3.70. The number of allylic oxidation sites excluding steroid dienone is 1. The average molecular weight is 658 g/mol. The molecule has 1 aromatic carbocycles. The molecule has 0 saturated heterocycles. The number of ether oxygens (including phenoxy) is 1. The van der Waals surface area contributed by atoms with Crippen molar-refractivity contribution in [3.05, 3.63) is 45.1 Å². The first kappa shape index (κ1) is 34.7. The van der Waals surface area contributed by atoms with Crippen LogP contribution in [0.1, 0.15) is 62.7 Å². The lowest BCUT2D eigenvalue weighted by Crippen LogP contribution is -2.47. The van der Waals surface area contributed by atoms with Gasteiger partial charge in [0.2, 0.25) is 0 Å². The van der Waals surface area contributed by atoms with E-state index in [2.05, 4.69) is 5.32 Å². The van der Waals surface area contributed by atoms with Gasteiger partial charge < -0.3 is 20.4 Å². The molecule has 0 atom stereocenters. The topological polar surface area (TPSA) is 99.6 Å². The molecule has 0 radical (unpaired) electrons. The van der Waals surface area contributed by atoms with Gasteiger partial charge in [-0.2, -0.15) is 26.3 Å². The van der Waals surface area contributed by atoms with Crippen LogP contribution in [0.2, 0.25) is 10.0 Å². The summed E-state index contributed by atoms with van der Waals surface area (Å²) in [6.07, 6.45) is -10.2. The lowest BCUT2D eigenvalue weighted by Gasteiger charge is -2.36. The molecule has 7 nitrogen and oxygen atoms in total. The lowest BCUT2D eigenvalue weighted by atomic mass is 9.74. The summed E-state index contributed by atoms with van der Waals surface area (Å²) in [5.41, 5.74) is -6.51.